The summed E-state index contributed by atoms with van der Waals surface area (Å²) in [5.74, 6) is -2.54. The lowest BCUT2D eigenvalue weighted by atomic mass is 10.2. The molecule has 23 heavy (non-hydrogen) atoms. The minimum Gasteiger partial charge on any atom is -0.206 e. The van der Waals surface area contributed by atoms with Crippen LogP contribution in [0.1, 0.15) is 0 Å². The lowest BCUT2D eigenvalue weighted by Gasteiger charge is -2.03. The van der Waals surface area contributed by atoms with Gasteiger partial charge in [-0.3, -0.25) is 0 Å². The van der Waals surface area contributed by atoms with E-state index in [9.17, 15) is 13.2 Å². The predicted molar refractivity (Wildman–Crippen MR) is 70.6 cm³/mol. The molecule has 0 fully saturated rings. The molecule has 0 aliphatic rings. The zero-order chi connectivity index (χ0) is 16.8. The van der Waals surface area contributed by atoms with Crippen molar-refractivity contribution >= 4 is 0 Å². The van der Waals surface area contributed by atoms with Gasteiger partial charge in [0.2, 0.25) is 11.6 Å². The van der Waals surface area contributed by atoms with Crippen molar-refractivity contribution in [1.29, 1.82) is 0 Å². The summed E-state index contributed by atoms with van der Waals surface area (Å²) in [5.41, 5.74) is -0.310. The maximum absolute atomic E-state index is 13.6. The lowest BCUT2D eigenvalue weighted by molar-refractivity contribution is 0.108. The summed E-state index contributed by atoms with van der Waals surface area (Å²) in [6, 6.07) is 9.19. The molecular weight excluding hydrogens is 319 g/mol. The normalized spacial score (nSPS) is 9.96. The number of nitrogens with zero attached hydrogens (tertiary/aromatic N) is 4. The first kappa shape index (κ1) is 16.4. The van der Waals surface area contributed by atoms with Crippen LogP contribution in [0.25, 0.3) is 22.8 Å². The maximum atomic E-state index is 13.6. The minimum atomic E-state index is -0.822. The maximum Gasteiger partial charge on any atom is 0.209 e. The van der Waals surface area contributed by atoms with Crippen molar-refractivity contribution in [3.05, 3.63) is 59.9 Å². The van der Waals surface area contributed by atoms with Crippen LogP contribution >= 0.6 is 0 Å². The van der Waals surface area contributed by atoms with Crippen molar-refractivity contribution in [3.8, 4) is 22.8 Å². The third-order valence-electron chi connectivity index (χ3n) is 2.78. The van der Waals surface area contributed by atoms with Crippen molar-refractivity contribution in [2.24, 2.45) is 0 Å². The third kappa shape index (κ3) is 3.44. The Morgan fingerprint density at radius 1 is 0.565 bits per heavy atom. The summed E-state index contributed by atoms with van der Waals surface area (Å²) in [4.78, 5) is 0. The van der Waals surface area contributed by atoms with Gasteiger partial charge >= 0.3 is 0 Å². The smallest absolute Gasteiger partial charge is 0.206 e. The van der Waals surface area contributed by atoms with E-state index < -0.39 is 23.0 Å². The van der Waals surface area contributed by atoms with Crippen LogP contribution in [-0.4, -0.2) is 20.4 Å². The molecule has 0 N–H and O–H groups in total. The number of hydrogen-bond donors (Lipinski definition) is 0. The van der Waals surface area contributed by atoms with Gasteiger partial charge in [0.05, 0.1) is 11.1 Å². The van der Waals surface area contributed by atoms with Gasteiger partial charge in [0.15, 0.2) is 0 Å². The van der Waals surface area contributed by atoms with Crippen molar-refractivity contribution in [1.82, 2.24) is 20.4 Å². The fraction of sp³-hybridized carbons (Fsp3) is 0. The van der Waals surface area contributed by atoms with Crippen LogP contribution in [0, 0.1) is 17.5 Å². The number of benzene rings is 2. The Morgan fingerprint density at radius 2 is 1.04 bits per heavy atom. The monoisotopic (exact) mass is 326 g/mol. The number of halogens is 5. The second kappa shape index (κ2) is 7.34. The van der Waals surface area contributed by atoms with Gasteiger partial charge in [-0.1, -0.05) is 18.2 Å². The quantitative estimate of drug-likeness (QED) is 0.671. The molecular formula is C14H7F5N4. The standard InChI is InChI=1S/C14H7F3N4.F2/c15-9-5-2-1-4-8(9)13-18-20-14(21-19-13)12-10(16)6-3-7-11(12)17;1-2/h1-7H;. The Kier molecular flexibility index (Phi) is 5.23. The molecule has 3 rings (SSSR count). The molecule has 3 aromatic rings. The Labute approximate surface area is 126 Å². The van der Waals surface area contributed by atoms with E-state index in [4.69, 9.17) is 9.15 Å². The van der Waals surface area contributed by atoms with E-state index in [2.05, 4.69) is 20.4 Å². The highest BCUT2D eigenvalue weighted by Gasteiger charge is 2.16. The molecule has 0 saturated heterocycles. The Morgan fingerprint density at radius 3 is 1.61 bits per heavy atom. The fourth-order valence-corrected chi connectivity index (χ4v) is 1.79. The summed E-state index contributed by atoms with van der Waals surface area (Å²) in [7, 11) is 0. The molecule has 0 radical (unpaired) electrons. The van der Waals surface area contributed by atoms with Crippen molar-refractivity contribution in [3.63, 3.8) is 0 Å². The highest BCUT2D eigenvalue weighted by atomic mass is 20.0. The molecule has 0 saturated carbocycles. The van der Waals surface area contributed by atoms with Gasteiger partial charge in [-0.25, -0.2) is 13.2 Å². The predicted octanol–water partition coefficient (Wildman–Crippen LogP) is 3.86. The Balaban J connectivity index is 0.000000924. The van der Waals surface area contributed by atoms with Crippen LogP contribution in [0.5, 0.6) is 0 Å². The van der Waals surface area contributed by atoms with Crippen LogP contribution < -0.4 is 0 Å². The summed E-state index contributed by atoms with van der Waals surface area (Å²) in [6.07, 6.45) is 0. The van der Waals surface area contributed by atoms with E-state index in [-0.39, 0.29) is 17.2 Å². The highest BCUT2D eigenvalue weighted by molar-refractivity contribution is 5.58. The van der Waals surface area contributed by atoms with Crippen LogP contribution in [0.15, 0.2) is 42.5 Å². The van der Waals surface area contributed by atoms with Gasteiger partial charge in [-0.15, -0.1) is 20.4 Å². The van der Waals surface area contributed by atoms with Gasteiger partial charge in [-0.2, -0.15) is 0 Å². The van der Waals surface area contributed by atoms with E-state index in [1.807, 2.05) is 0 Å². The Bertz CT molecular complexity index is 775. The van der Waals surface area contributed by atoms with Crippen molar-refractivity contribution in [2.75, 3.05) is 0 Å². The molecule has 2 aromatic carbocycles. The summed E-state index contributed by atoms with van der Waals surface area (Å²) < 4.78 is 56.7. The van der Waals surface area contributed by atoms with E-state index in [0.717, 1.165) is 12.1 Å². The molecule has 1 heterocycles. The van der Waals surface area contributed by atoms with Crippen LogP contribution in [-0.2, 0) is 0 Å². The summed E-state index contributed by atoms with van der Waals surface area (Å²) in [6.45, 7) is 0. The Hall–Kier alpha value is -2.97. The third-order valence-corrected chi connectivity index (χ3v) is 2.78. The number of rotatable bonds is 2. The van der Waals surface area contributed by atoms with Gasteiger partial charge in [0.1, 0.15) is 17.5 Å². The fourth-order valence-electron chi connectivity index (χ4n) is 1.79. The molecule has 1 aromatic heterocycles. The van der Waals surface area contributed by atoms with Crippen molar-refractivity contribution < 1.29 is 22.3 Å². The van der Waals surface area contributed by atoms with Gasteiger partial charge in [0, 0.05) is 9.15 Å². The van der Waals surface area contributed by atoms with Crippen LogP contribution in [0.4, 0.5) is 22.3 Å². The molecule has 0 aliphatic heterocycles. The molecule has 0 unspecified atom stereocenters. The lowest BCUT2D eigenvalue weighted by Crippen LogP contribution is -2.03. The van der Waals surface area contributed by atoms with E-state index in [0.29, 0.717) is 0 Å². The molecule has 9 heteroatoms. The minimum absolute atomic E-state index is 0.0615. The number of aromatic nitrogens is 4. The first-order valence-electron chi connectivity index (χ1n) is 6.08. The average Bonchev–Trinajstić information content (AvgIpc) is 2.58. The molecule has 0 bridgehead atoms. The molecule has 0 aliphatic carbocycles. The molecule has 0 spiro atoms. The molecule has 0 amide bonds. The van der Waals surface area contributed by atoms with E-state index in [1.165, 1.54) is 24.3 Å². The summed E-state index contributed by atoms with van der Waals surface area (Å²) in [5, 5.41) is 14.6. The molecule has 4 nitrogen and oxygen atoms in total. The first-order valence-corrected chi connectivity index (χ1v) is 6.08. The largest absolute Gasteiger partial charge is 0.209 e. The average molecular weight is 326 g/mol. The zero-order valence-electron chi connectivity index (χ0n) is 11.2. The molecule has 0 atom stereocenters. The first-order chi connectivity index (χ1) is 11.2. The second-order valence-electron chi connectivity index (χ2n) is 4.12. The van der Waals surface area contributed by atoms with E-state index >= 15 is 0 Å². The second-order valence-corrected chi connectivity index (χ2v) is 4.12. The van der Waals surface area contributed by atoms with E-state index in [1.54, 1.807) is 6.07 Å². The van der Waals surface area contributed by atoms with Gasteiger partial charge in [0.25, 0.3) is 0 Å². The SMILES string of the molecule is FF.Fc1ccccc1-c1nnc(-c2c(F)cccc2F)nn1. The van der Waals surface area contributed by atoms with Gasteiger partial charge < -0.3 is 0 Å². The zero-order valence-corrected chi connectivity index (χ0v) is 11.2. The number of hydrogen-bond acceptors (Lipinski definition) is 4. The topological polar surface area (TPSA) is 51.6 Å². The van der Waals surface area contributed by atoms with Crippen LogP contribution in [0.2, 0.25) is 0 Å². The van der Waals surface area contributed by atoms with Crippen LogP contribution in [0.3, 0.4) is 0 Å². The highest BCUT2D eigenvalue weighted by Crippen LogP contribution is 2.22. The van der Waals surface area contributed by atoms with Gasteiger partial charge in [-0.05, 0) is 24.3 Å². The molecule has 118 valence electrons. The van der Waals surface area contributed by atoms with Crippen molar-refractivity contribution in [2.45, 2.75) is 0 Å². The summed E-state index contributed by atoms with van der Waals surface area (Å²) >= 11 is 0.